The molecule has 6 heteroatoms. The van der Waals surface area contributed by atoms with Gasteiger partial charge in [-0.05, 0) is 33.5 Å². The average molecular weight is 257 g/mol. The summed E-state index contributed by atoms with van der Waals surface area (Å²) in [7, 11) is 0. The molecule has 0 unspecified atom stereocenters. The fraction of sp³-hybridized carbons (Fsp3) is 0. The second-order valence-electron chi connectivity index (χ2n) is 2.35. The zero-order valence-corrected chi connectivity index (χ0v) is 8.84. The van der Waals surface area contributed by atoms with Gasteiger partial charge in [-0.3, -0.25) is 4.98 Å². The maximum Gasteiger partial charge on any atom is 0.232 e. The molecule has 0 radical (unpaired) electrons. The highest BCUT2D eigenvalue weighted by Gasteiger charge is 2.04. The van der Waals surface area contributed by atoms with Crippen molar-refractivity contribution in [3.63, 3.8) is 0 Å². The summed E-state index contributed by atoms with van der Waals surface area (Å²) < 4.78 is 4.80. The van der Waals surface area contributed by atoms with E-state index in [-0.39, 0.29) is 0 Å². The molecule has 0 atom stereocenters. The zero-order valence-electron chi connectivity index (χ0n) is 6.44. The van der Waals surface area contributed by atoms with E-state index in [0.29, 0.717) is 5.95 Å². The lowest BCUT2D eigenvalue weighted by atomic mass is 10.3. The first kappa shape index (κ1) is 8.58. The lowest BCUT2D eigenvalue weighted by Gasteiger charge is -1.93. The monoisotopic (exact) mass is 256 g/mol. The van der Waals surface area contributed by atoms with E-state index in [4.69, 9.17) is 5.73 Å². The van der Waals surface area contributed by atoms with Gasteiger partial charge in [0.15, 0.2) is 0 Å². The van der Waals surface area contributed by atoms with E-state index in [9.17, 15) is 0 Å². The third kappa shape index (κ3) is 1.84. The minimum atomic E-state index is 0.306. The molecular formula is C7H5BrN4S. The van der Waals surface area contributed by atoms with Crippen molar-refractivity contribution >= 4 is 33.4 Å². The van der Waals surface area contributed by atoms with Crippen LogP contribution in [0, 0.1) is 0 Å². The van der Waals surface area contributed by atoms with Crippen LogP contribution in [0.2, 0.25) is 0 Å². The van der Waals surface area contributed by atoms with Gasteiger partial charge in [0.2, 0.25) is 5.95 Å². The van der Waals surface area contributed by atoms with E-state index in [1.165, 1.54) is 11.5 Å². The fourth-order valence-corrected chi connectivity index (χ4v) is 1.82. The van der Waals surface area contributed by atoms with Crippen LogP contribution in [0.4, 0.5) is 5.95 Å². The van der Waals surface area contributed by atoms with Crippen LogP contribution in [0.5, 0.6) is 0 Å². The summed E-state index contributed by atoms with van der Waals surface area (Å²) in [6.45, 7) is 0. The van der Waals surface area contributed by atoms with Gasteiger partial charge in [0.25, 0.3) is 0 Å². The summed E-state index contributed by atoms with van der Waals surface area (Å²) in [6.07, 6.45) is 3.44. The molecule has 66 valence electrons. The SMILES string of the molecule is Nc1nsc(-c2cncc(Br)c2)n1. The van der Waals surface area contributed by atoms with Gasteiger partial charge < -0.3 is 5.73 Å². The molecule has 2 rings (SSSR count). The molecule has 2 aromatic heterocycles. The maximum atomic E-state index is 5.41. The van der Waals surface area contributed by atoms with Crippen molar-refractivity contribution in [2.24, 2.45) is 0 Å². The Balaban J connectivity index is 2.46. The number of hydrogen-bond acceptors (Lipinski definition) is 5. The Morgan fingerprint density at radius 2 is 2.23 bits per heavy atom. The Bertz CT molecular complexity index is 428. The molecule has 0 amide bonds. The van der Waals surface area contributed by atoms with E-state index in [2.05, 4.69) is 30.3 Å². The smallest absolute Gasteiger partial charge is 0.232 e. The summed E-state index contributed by atoms with van der Waals surface area (Å²) >= 11 is 4.59. The normalized spacial score (nSPS) is 10.2. The van der Waals surface area contributed by atoms with Crippen molar-refractivity contribution in [1.29, 1.82) is 0 Å². The standard InChI is InChI=1S/C7H5BrN4S/c8-5-1-4(2-10-3-5)6-11-7(9)12-13-6/h1-3H,(H2,9,12). The summed E-state index contributed by atoms with van der Waals surface area (Å²) in [4.78, 5) is 8.07. The predicted octanol–water partition coefficient (Wildman–Crippen LogP) is 1.94. The van der Waals surface area contributed by atoms with Crippen LogP contribution in [0.15, 0.2) is 22.9 Å². The highest BCUT2D eigenvalue weighted by atomic mass is 79.9. The van der Waals surface area contributed by atoms with Crippen LogP contribution in [0.1, 0.15) is 0 Å². The molecule has 2 heterocycles. The topological polar surface area (TPSA) is 64.7 Å². The van der Waals surface area contributed by atoms with Gasteiger partial charge in [-0.15, -0.1) is 0 Å². The van der Waals surface area contributed by atoms with Crippen molar-refractivity contribution in [1.82, 2.24) is 14.3 Å². The molecule has 0 aliphatic heterocycles. The van der Waals surface area contributed by atoms with Gasteiger partial charge in [-0.2, -0.15) is 9.36 Å². The number of pyridine rings is 1. The first-order valence-corrected chi connectivity index (χ1v) is 5.02. The molecule has 0 aromatic carbocycles. The first-order chi connectivity index (χ1) is 6.25. The third-order valence-electron chi connectivity index (χ3n) is 1.39. The third-order valence-corrected chi connectivity index (χ3v) is 2.61. The fourth-order valence-electron chi connectivity index (χ4n) is 0.881. The largest absolute Gasteiger partial charge is 0.367 e. The number of nitrogen functional groups attached to an aromatic ring is 1. The molecule has 0 bridgehead atoms. The molecule has 0 saturated heterocycles. The van der Waals surface area contributed by atoms with Crippen molar-refractivity contribution in [3.8, 4) is 10.6 Å². The van der Waals surface area contributed by atoms with Crippen LogP contribution < -0.4 is 5.73 Å². The zero-order chi connectivity index (χ0) is 9.26. The number of hydrogen-bond donors (Lipinski definition) is 1. The Labute approximate surface area is 87.1 Å². The Morgan fingerprint density at radius 3 is 2.85 bits per heavy atom. The number of nitrogens with zero attached hydrogens (tertiary/aromatic N) is 3. The summed E-state index contributed by atoms with van der Waals surface area (Å²) in [5, 5.41) is 0.784. The lowest BCUT2D eigenvalue weighted by molar-refractivity contribution is 1.29. The van der Waals surface area contributed by atoms with Crippen molar-refractivity contribution in [2.45, 2.75) is 0 Å². The summed E-state index contributed by atoms with van der Waals surface area (Å²) in [6, 6.07) is 1.92. The van der Waals surface area contributed by atoms with Gasteiger partial charge >= 0.3 is 0 Å². The highest BCUT2D eigenvalue weighted by molar-refractivity contribution is 9.10. The Kier molecular flexibility index (Phi) is 2.24. The van der Waals surface area contributed by atoms with Crippen LogP contribution >= 0.6 is 27.5 Å². The minimum Gasteiger partial charge on any atom is -0.367 e. The van der Waals surface area contributed by atoms with E-state index >= 15 is 0 Å². The van der Waals surface area contributed by atoms with Crippen LogP contribution in [-0.2, 0) is 0 Å². The van der Waals surface area contributed by atoms with Gasteiger partial charge in [0, 0.05) is 22.4 Å². The molecular weight excluding hydrogens is 252 g/mol. The molecule has 0 aliphatic rings. The number of anilines is 1. The number of nitrogens with two attached hydrogens (primary N) is 1. The quantitative estimate of drug-likeness (QED) is 0.847. The average Bonchev–Trinajstić information content (AvgIpc) is 2.52. The number of rotatable bonds is 1. The van der Waals surface area contributed by atoms with Crippen LogP contribution in [0.25, 0.3) is 10.6 Å². The van der Waals surface area contributed by atoms with Crippen LogP contribution in [-0.4, -0.2) is 14.3 Å². The minimum absolute atomic E-state index is 0.306. The summed E-state index contributed by atoms with van der Waals surface area (Å²) in [5.74, 6) is 0.306. The van der Waals surface area contributed by atoms with E-state index < -0.39 is 0 Å². The molecule has 0 aliphatic carbocycles. The molecule has 2 N–H and O–H groups in total. The second kappa shape index (κ2) is 3.39. The van der Waals surface area contributed by atoms with Crippen LogP contribution in [0.3, 0.4) is 0 Å². The molecule has 4 nitrogen and oxygen atoms in total. The molecule has 13 heavy (non-hydrogen) atoms. The van der Waals surface area contributed by atoms with E-state index in [1.807, 2.05) is 6.07 Å². The number of aromatic nitrogens is 3. The van der Waals surface area contributed by atoms with Gasteiger partial charge in [-0.25, -0.2) is 0 Å². The maximum absolute atomic E-state index is 5.41. The van der Waals surface area contributed by atoms with Crippen molar-refractivity contribution in [2.75, 3.05) is 5.73 Å². The Hall–Kier alpha value is -1.01. The predicted molar refractivity (Wildman–Crippen MR) is 55.3 cm³/mol. The molecule has 2 aromatic rings. The van der Waals surface area contributed by atoms with Gasteiger partial charge in [0.1, 0.15) is 5.01 Å². The molecule has 0 fully saturated rings. The van der Waals surface area contributed by atoms with E-state index in [0.717, 1.165) is 15.0 Å². The van der Waals surface area contributed by atoms with E-state index in [1.54, 1.807) is 12.4 Å². The second-order valence-corrected chi connectivity index (χ2v) is 4.02. The van der Waals surface area contributed by atoms with Crippen molar-refractivity contribution < 1.29 is 0 Å². The number of halogens is 1. The van der Waals surface area contributed by atoms with Gasteiger partial charge in [-0.1, -0.05) is 0 Å². The summed E-state index contributed by atoms with van der Waals surface area (Å²) in [5.41, 5.74) is 6.33. The van der Waals surface area contributed by atoms with Crippen molar-refractivity contribution in [3.05, 3.63) is 22.9 Å². The Morgan fingerprint density at radius 1 is 1.38 bits per heavy atom. The molecule has 0 spiro atoms. The lowest BCUT2D eigenvalue weighted by Crippen LogP contribution is -1.85. The molecule has 0 saturated carbocycles. The first-order valence-electron chi connectivity index (χ1n) is 3.46. The van der Waals surface area contributed by atoms with Gasteiger partial charge in [0.05, 0.1) is 0 Å². The highest BCUT2D eigenvalue weighted by Crippen LogP contribution is 2.23.